The fraction of sp³-hybridized carbons (Fsp3) is 0.250. The first-order chi connectivity index (χ1) is 9.06. The third kappa shape index (κ3) is 3.45. The molecule has 0 unspecified atom stereocenters. The maximum atomic E-state index is 11.6. The predicted molar refractivity (Wildman–Crippen MR) is 70.8 cm³/mol. The van der Waals surface area contributed by atoms with Gasteiger partial charge in [-0.15, -0.1) is 10.2 Å². The number of carbonyl (C=O) groups excluding carboxylic acids is 1. The Morgan fingerprint density at radius 2 is 1.89 bits per heavy atom. The van der Waals surface area contributed by atoms with Crippen molar-refractivity contribution in [2.45, 2.75) is 13.8 Å². The third-order valence-electron chi connectivity index (χ3n) is 2.45. The minimum Gasteiger partial charge on any atom is -0.484 e. The van der Waals surface area contributed by atoms with Gasteiger partial charge < -0.3 is 4.74 Å². The largest absolute Gasteiger partial charge is 0.484 e. The normalized spacial score (nSPS) is 10.3. The summed E-state index contributed by atoms with van der Waals surface area (Å²) < 4.78 is 6.76. The van der Waals surface area contributed by atoms with E-state index in [9.17, 15) is 4.79 Å². The summed E-state index contributed by atoms with van der Waals surface area (Å²) in [5.74, 6) is 0.309. The standard InChI is InChI=1S/C12H13ClN4O2/c1-8-3-10(4-9(2)12(8)13)19-5-11(18)16-17-6-14-15-7-17/h3-4,6-7H,5H2,1-2H3,(H,16,18). The van der Waals surface area contributed by atoms with Crippen molar-refractivity contribution in [1.29, 1.82) is 0 Å². The molecule has 2 aromatic rings. The third-order valence-corrected chi connectivity index (χ3v) is 3.05. The number of benzene rings is 1. The van der Waals surface area contributed by atoms with Crippen LogP contribution in [-0.4, -0.2) is 27.4 Å². The van der Waals surface area contributed by atoms with Crippen LogP contribution < -0.4 is 10.2 Å². The molecule has 0 aliphatic carbocycles. The molecule has 0 fully saturated rings. The van der Waals surface area contributed by atoms with Crippen molar-refractivity contribution >= 4 is 17.5 Å². The molecule has 0 bridgehead atoms. The van der Waals surface area contributed by atoms with Gasteiger partial charge in [-0.2, -0.15) is 0 Å². The van der Waals surface area contributed by atoms with E-state index in [1.807, 2.05) is 13.8 Å². The van der Waals surface area contributed by atoms with Gasteiger partial charge in [0.25, 0.3) is 5.91 Å². The highest BCUT2D eigenvalue weighted by atomic mass is 35.5. The molecule has 0 aliphatic heterocycles. The number of nitrogens with zero attached hydrogens (tertiary/aromatic N) is 3. The lowest BCUT2D eigenvalue weighted by Gasteiger charge is -2.10. The van der Waals surface area contributed by atoms with E-state index in [2.05, 4.69) is 15.6 Å². The summed E-state index contributed by atoms with van der Waals surface area (Å²) in [5.41, 5.74) is 4.36. The first-order valence-electron chi connectivity index (χ1n) is 5.60. The summed E-state index contributed by atoms with van der Waals surface area (Å²) in [6.45, 7) is 3.68. The van der Waals surface area contributed by atoms with E-state index in [-0.39, 0.29) is 12.5 Å². The van der Waals surface area contributed by atoms with Gasteiger partial charge in [0.2, 0.25) is 0 Å². The van der Waals surface area contributed by atoms with Crippen molar-refractivity contribution in [1.82, 2.24) is 14.9 Å². The number of carbonyl (C=O) groups is 1. The summed E-state index contributed by atoms with van der Waals surface area (Å²) >= 11 is 6.06. The van der Waals surface area contributed by atoms with Crippen LogP contribution in [0.4, 0.5) is 0 Å². The Balaban J connectivity index is 1.93. The smallest absolute Gasteiger partial charge is 0.276 e. The quantitative estimate of drug-likeness (QED) is 0.925. The van der Waals surface area contributed by atoms with Crippen LogP contribution >= 0.6 is 11.6 Å². The molecule has 1 N–H and O–H groups in total. The molecule has 0 radical (unpaired) electrons. The van der Waals surface area contributed by atoms with Gasteiger partial charge in [0, 0.05) is 5.02 Å². The summed E-state index contributed by atoms with van der Waals surface area (Å²) in [5, 5.41) is 7.85. The molecule has 0 aliphatic rings. The zero-order chi connectivity index (χ0) is 13.8. The van der Waals surface area contributed by atoms with Gasteiger partial charge in [0.05, 0.1) is 0 Å². The number of amides is 1. The first-order valence-corrected chi connectivity index (χ1v) is 5.98. The second kappa shape index (κ2) is 5.71. The zero-order valence-electron chi connectivity index (χ0n) is 10.6. The molecule has 0 saturated carbocycles. The van der Waals surface area contributed by atoms with Gasteiger partial charge in [0.1, 0.15) is 18.4 Å². The average Bonchev–Trinajstić information content (AvgIpc) is 2.86. The molecule has 2 rings (SSSR count). The van der Waals surface area contributed by atoms with E-state index in [0.29, 0.717) is 10.8 Å². The predicted octanol–water partition coefficient (Wildman–Crippen LogP) is 1.70. The van der Waals surface area contributed by atoms with E-state index in [1.165, 1.54) is 17.3 Å². The Morgan fingerprint density at radius 3 is 2.47 bits per heavy atom. The fourth-order valence-corrected chi connectivity index (χ4v) is 1.68. The van der Waals surface area contributed by atoms with Gasteiger partial charge in [-0.05, 0) is 37.1 Å². The average molecular weight is 281 g/mol. The number of aromatic nitrogens is 3. The number of hydrogen-bond donors (Lipinski definition) is 1. The number of rotatable bonds is 4. The maximum Gasteiger partial charge on any atom is 0.276 e. The molecule has 0 atom stereocenters. The lowest BCUT2D eigenvalue weighted by atomic mass is 10.1. The Labute approximate surface area is 115 Å². The van der Waals surface area contributed by atoms with Crippen LogP contribution in [0.25, 0.3) is 0 Å². The lowest BCUT2D eigenvalue weighted by Crippen LogP contribution is -2.27. The van der Waals surface area contributed by atoms with Crippen LogP contribution in [0.1, 0.15) is 11.1 Å². The number of nitrogens with one attached hydrogen (secondary N) is 1. The maximum absolute atomic E-state index is 11.6. The van der Waals surface area contributed by atoms with E-state index in [1.54, 1.807) is 12.1 Å². The van der Waals surface area contributed by atoms with E-state index < -0.39 is 0 Å². The van der Waals surface area contributed by atoms with Crippen molar-refractivity contribution in [2.24, 2.45) is 0 Å². The molecular formula is C12H13ClN4O2. The van der Waals surface area contributed by atoms with Crippen molar-refractivity contribution in [3.05, 3.63) is 40.9 Å². The number of halogens is 1. The van der Waals surface area contributed by atoms with Crippen molar-refractivity contribution in [3.8, 4) is 5.75 Å². The summed E-state index contributed by atoms with van der Waals surface area (Å²) in [6, 6.07) is 3.59. The SMILES string of the molecule is Cc1cc(OCC(=O)Nn2cnnc2)cc(C)c1Cl. The topological polar surface area (TPSA) is 69.0 Å². The van der Waals surface area contributed by atoms with Crippen molar-refractivity contribution < 1.29 is 9.53 Å². The van der Waals surface area contributed by atoms with Gasteiger partial charge in [-0.3, -0.25) is 10.2 Å². The monoisotopic (exact) mass is 280 g/mol. The van der Waals surface area contributed by atoms with Gasteiger partial charge in [0.15, 0.2) is 6.61 Å². The number of aryl methyl sites for hydroxylation is 2. The molecule has 1 aromatic carbocycles. The zero-order valence-corrected chi connectivity index (χ0v) is 11.3. The molecule has 6 nitrogen and oxygen atoms in total. The van der Waals surface area contributed by atoms with Crippen LogP contribution in [0.15, 0.2) is 24.8 Å². The highest BCUT2D eigenvalue weighted by Gasteiger charge is 2.06. The lowest BCUT2D eigenvalue weighted by molar-refractivity contribution is -0.119. The number of ether oxygens (including phenoxy) is 1. The summed E-state index contributed by atoms with van der Waals surface area (Å²) in [4.78, 5) is 11.6. The second-order valence-electron chi connectivity index (χ2n) is 4.06. The highest BCUT2D eigenvalue weighted by molar-refractivity contribution is 6.32. The Hall–Kier alpha value is -2.08. The molecule has 7 heteroatoms. The molecule has 1 amide bonds. The molecule has 1 aromatic heterocycles. The molecule has 19 heavy (non-hydrogen) atoms. The fourth-order valence-electron chi connectivity index (χ4n) is 1.57. The molecular weight excluding hydrogens is 268 g/mol. The van der Waals surface area contributed by atoms with Gasteiger partial charge in [-0.25, -0.2) is 4.68 Å². The molecule has 1 heterocycles. The molecule has 100 valence electrons. The number of hydrogen-bond acceptors (Lipinski definition) is 4. The van der Waals surface area contributed by atoms with Gasteiger partial charge in [-0.1, -0.05) is 11.6 Å². The molecule has 0 saturated heterocycles. The van der Waals surface area contributed by atoms with Crippen LogP contribution in [0.3, 0.4) is 0 Å². The minimum atomic E-state index is -0.301. The second-order valence-corrected chi connectivity index (χ2v) is 4.44. The Morgan fingerprint density at radius 1 is 1.32 bits per heavy atom. The highest BCUT2D eigenvalue weighted by Crippen LogP contribution is 2.25. The summed E-state index contributed by atoms with van der Waals surface area (Å²) in [7, 11) is 0. The minimum absolute atomic E-state index is 0.0985. The van der Waals surface area contributed by atoms with E-state index in [4.69, 9.17) is 16.3 Å². The van der Waals surface area contributed by atoms with Crippen LogP contribution in [0.2, 0.25) is 5.02 Å². The van der Waals surface area contributed by atoms with Crippen molar-refractivity contribution in [2.75, 3.05) is 12.0 Å². The first kappa shape index (κ1) is 13.4. The van der Waals surface area contributed by atoms with E-state index >= 15 is 0 Å². The van der Waals surface area contributed by atoms with Gasteiger partial charge >= 0.3 is 0 Å². The molecule has 0 spiro atoms. The van der Waals surface area contributed by atoms with Crippen LogP contribution in [0, 0.1) is 13.8 Å². The Kier molecular flexibility index (Phi) is 4.01. The van der Waals surface area contributed by atoms with Crippen LogP contribution in [0.5, 0.6) is 5.75 Å². The summed E-state index contributed by atoms with van der Waals surface area (Å²) in [6.07, 6.45) is 2.77. The van der Waals surface area contributed by atoms with Crippen molar-refractivity contribution in [3.63, 3.8) is 0 Å². The Bertz CT molecular complexity index is 560. The van der Waals surface area contributed by atoms with Crippen LogP contribution in [-0.2, 0) is 4.79 Å². The van der Waals surface area contributed by atoms with E-state index in [0.717, 1.165) is 11.1 Å².